The van der Waals surface area contributed by atoms with Crippen molar-refractivity contribution in [1.82, 2.24) is 0 Å². The van der Waals surface area contributed by atoms with Crippen LogP contribution in [0.15, 0.2) is 12.1 Å². The number of carbonyl (C=O) groups excluding carboxylic acids is 1. The Morgan fingerprint density at radius 2 is 1.95 bits per heavy atom. The highest BCUT2D eigenvalue weighted by Crippen LogP contribution is 2.23. The minimum Gasteiger partial charge on any atom is -0.378 e. The number of hydrogen-bond acceptors (Lipinski definition) is 2. The maximum absolute atomic E-state index is 12.1. The van der Waals surface area contributed by atoms with Gasteiger partial charge in [-0.15, -0.1) is 0 Å². The van der Waals surface area contributed by atoms with Crippen molar-refractivity contribution in [2.45, 2.75) is 52.6 Å². The van der Waals surface area contributed by atoms with E-state index in [-0.39, 0.29) is 12.0 Å². The van der Waals surface area contributed by atoms with E-state index >= 15 is 0 Å². The van der Waals surface area contributed by atoms with Crippen LogP contribution in [0, 0.1) is 20.8 Å². The zero-order chi connectivity index (χ0) is 13.8. The van der Waals surface area contributed by atoms with Crippen LogP contribution >= 0.6 is 0 Å². The number of aryl methyl sites for hydroxylation is 3. The molecule has 1 amide bonds. The predicted octanol–water partition coefficient (Wildman–Crippen LogP) is 3.51. The molecule has 3 nitrogen and oxygen atoms in total. The summed E-state index contributed by atoms with van der Waals surface area (Å²) in [4.78, 5) is 12.1. The Bertz CT molecular complexity index is 439. The monoisotopic (exact) mass is 261 g/mol. The first kappa shape index (κ1) is 14.1. The van der Waals surface area contributed by atoms with Gasteiger partial charge in [-0.3, -0.25) is 4.79 Å². The van der Waals surface area contributed by atoms with Crippen LogP contribution in [0.2, 0.25) is 0 Å². The molecule has 1 N–H and O–H groups in total. The lowest BCUT2D eigenvalue weighted by Gasteiger charge is -2.22. The molecular formula is C16H23NO2. The second-order valence-corrected chi connectivity index (χ2v) is 5.51. The standard InChI is InChI=1S/C16H23NO2/c1-11-8-12(2)16(13(3)9-11)17-15(18)10-14-6-4-5-7-19-14/h8-9,14H,4-7,10H2,1-3H3,(H,17,18). The van der Waals surface area contributed by atoms with Crippen molar-refractivity contribution in [2.24, 2.45) is 0 Å². The molecule has 1 aromatic carbocycles. The molecule has 0 radical (unpaired) electrons. The number of ether oxygens (including phenoxy) is 1. The maximum atomic E-state index is 12.1. The van der Waals surface area contributed by atoms with Crippen LogP contribution in [0.25, 0.3) is 0 Å². The Morgan fingerprint density at radius 3 is 2.53 bits per heavy atom. The second-order valence-electron chi connectivity index (χ2n) is 5.51. The number of nitrogens with one attached hydrogen (secondary N) is 1. The summed E-state index contributed by atoms with van der Waals surface area (Å²) in [5, 5.41) is 3.03. The van der Waals surface area contributed by atoms with Gasteiger partial charge in [0.2, 0.25) is 5.91 Å². The van der Waals surface area contributed by atoms with Gasteiger partial charge in [-0.25, -0.2) is 0 Å². The summed E-state index contributed by atoms with van der Waals surface area (Å²) >= 11 is 0. The normalized spacial score (nSPS) is 19.2. The highest BCUT2D eigenvalue weighted by atomic mass is 16.5. The zero-order valence-electron chi connectivity index (χ0n) is 12.1. The van der Waals surface area contributed by atoms with E-state index in [0.717, 1.165) is 36.3 Å². The van der Waals surface area contributed by atoms with Crippen molar-refractivity contribution in [3.05, 3.63) is 28.8 Å². The van der Waals surface area contributed by atoms with Crippen LogP contribution in [0.5, 0.6) is 0 Å². The second kappa shape index (κ2) is 6.20. The van der Waals surface area contributed by atoms with Crippen molar-refractivity contribution in [1.29, 1.82) is 0 Å². The maximum Gasteiger partial charge on any atom is 0.227 e. The van der Waals surface area contributed by atoms with Crippen LogP contribution in [-0.4, -0.2) is 18.6 Å². The molecule has 0 spiro atoms. The lowest BCUT2D eigenvalue weighted by molar-refractivity contribution is -0.119. The van der Waals surface area contributed by atoms with Gasteiger partial charge in [-0.2, -0.15) is 0 Å². The molecule has 1 aromatic rings. The van der Waals surface area contributed by atoms with E-state index in [9.17, 15) is 4.79 Å². The van der Waals surface area contributed by atoms with Gasteiger partial charge >= 0.3 is 0 Å². The molecule has 19 heavy (non-hydrogen) atoms. The molecule has 1 unspecified atom stereocenters. The Balaban J connectivity index is 1.98. The SMILES string of the molecule is Cc1cc(C)c(NC(=O)CC2CCCCO2)c(C)c1. The van der Waals surface area contributed by atoms with Gasteiger partial charge in [-0.1, -0.05) is 17.7 Å². The van der Waals surface area contributed by atoms with Gasteiger partial charge in [0, 0.05) is 12.3 Å². The molecule has 1 heterocycles. The molecule has 0 aliphatic carbocycles. The molecule has 1 fully saturated rings. The van der Waals surface area contributed by atoms with E-state index in [1.54, 1.807) is 0 Å². The Morgan fingerprint density at radius 1 is 1.26 bits per heavy atom. The molecule has 1 atom stereocenters. The Kier molecular flexibility index (Phi) is 4.59. The molecule has 0 saturated carbocycles. The molecule has 104 valence electrons. The van der Waals surface area contributed by atoms with Gasteiger partial charge in [-0.05, 0) is 51.2 Å². The van der Waals surface area contributed by atoms with Crippen LogP contribution in [-0.2, 0) is 9.53 Å². The fourth-order valence-corrected chi connectivity index (χ4v) is 2.74. The van der Waals surface area contributed by atoms with E-state index in [1.807, 2.05) is 13.8 Å². The summed E-state index contributed by atoms with van der Waals surface area (Å²) < 4.78 is 5.61. The lowest BCUT2D eigenvalue weighted by atomic mass is 10.0. The van der Waals surface area contributed by atoms with Crippen molar-refractivity contribution in [3.8, 4) is 0 Å². The highest BCUT2D eigenvalue weighted by molar-refractivity contribution is 5.92. The van der Waals surface area contributed by atoms with Gasteiger partial charge in [0.25, 0.3) is 0 Å². The quantitative estimate of drug-likeness (QED) is 0.904. The zero-order valence-corrected chi connectivity index (χ0v) is 12.1. The minimum absolute atomic E-state index is 0.0574. The Labute approximate surface area is 115 Å². The number of anilines is 1. The minimum atomic E-state index is 0.0574. The van der Waals surface area contributed by atoms with E-state index in [0.29, 0.717) is 6.42 Å². The van der Waals surface area contributed by atoms with E-state index in [1.165, 1.54) is 12.0 Å². The third-order valence-electron chi connectivity index (χ3n) is 3.63. The van der Waals surface area contributed by atoms with Gasteiger partial charge in [0.05, 0.1) is 12.5 Å². The van der Waals surface area contributed by atoms with Crippen LogP contribution in [0.4, 0.5) is 5.69 Å². The van der Waals surface area contributed by atoms with Crippen molar-refractivity contribution < 1.29 is 9.53 Å². The topological polar surface area (TPSA) is 38.3 Å². The predicted molar refractivity (Wildman–Crippen MR) is 77.5 cm³/mol. The summed E-state index contributed by atoms with van der Waals surface area (Å²) in [6.07, 6.45) is 3.85. The summed E-state index contributed by atoms with van der Waals surface area (Å²) in [5.41, 5.74) is 4.42. The molecule has 1 saturated heterocycles. The van der Waals surface area contributed by atoms with Crippen LogP contribution < -0.4 is 5.32 Å². The molecule has 0 aromatic heterocycles. The lowest BCUT2D eigenvalue weighted by Crippen LogP contribution is -2.26. The average molecular weight is 261 g/mol. The fraction of sp³-hybridized carbons (Fsp3) is 0.562. The van der Waals surface area contributed by atoms with Crippen molar-refractivity contribution in [2.75, 3.05) is 11.9 Å². The summed E-state index contributed by atoms with van der Waals surface area (Å²) in [6, 6.07) is 4.19. The summed E-state index contributed by atoms with van der Waals surface area (Å²) in [6.45, 7) is 6.93. The molecule has 0 bridgehead atoms. The Hall–Kier alpha value is -1.35. The number of amides is 1. The van der Waals surface area contributed by atoms with E-state index in [2.05, 4.69) is 24.4 Å². The van der Waals surface area contributed by atoms with E-state index < -0.39 is 0 Å². The third-order valence-corrected chi connectivity index (χ3v) is 3.63. The molecule has 1 aliphatic rings. The smallest absolute Gasteiger partial charge is 0.227 e. The van der Waals surface area contributed by atoms with Gasteiger partial charge in [0.15, 0.2) is 0 Å². The molecule has 2 rings (SSSR count). The summed E-state index contributed by atoms with van der Waals surface area (Å²) in [7, 11) is 0. The first-order valence-corrected chi connectivity index (χ1v) is 7.05. The fourth-order valence-electron chi connectivity index (χ4n) is 2.74. The highest BCUT2D eigenvalue weighted by Gasteiger charge is 2.18. The van der Waals surface area contributed by atoms with Crippen LogP contribution in [0.3, 0.4) is 0 Å². The molecule has 1 aliphatic heterocycles. The van der Waals surface area contributed by atoms with Crippen LogP contribution in [0.1, 0.15) is 42.4 Å². The largest absolute Gasteiger partial charge is 0.378 e. The number of carbonyl (C=O) groups is 1. The van der Waals surface area contributed by atoms with Crippen molar-refractivity contribution in [3.63, 3.8) is 0 Å². The third kappa shape index (κ3) is 3.80. The first-order chi connectivity index (χ1) is 9.06. The van der Waals surface area contributed by atoms with E-state index in [4.69, 9.17) is 4.74 Å². The first-order valence-electron chi connectivity index (χ1n) is 7.05. The average Bonchev–Trinajstić information content (AvgIpc) is 2.35. The number of rotatable bonds is 3. The molecular weight excluding hydrogens is 238 g/mol. The molecule has 3 heteroatoms. The van der Waals surface area contributed by atoms with Crippen molar-refractivity contribution >= 4 is 11.6 Å². The van der Waals surface area contributed by atoms with Gasteiger partial charge in [0.1, 0.15) is 0 Å². The van der Waals surface area contributed by atoms with Gasteiger partial charge < -0.3 is 10.1 Å². The number of hydrogen-bond donors (Lipinski definition) is 1. The number of benzene rings is 1. The summed E-state index contributed by atoms with van der Waals surface area (Å²) in [5.74, 6) is 0.0574.